The molecule has 0 aliphatic heterocycles. The molecule has 0 fully saturated rings. The van der Waals surface area contributed by atoms with Gasteiger partial charge >= 0.3 is 0 Å². The molecule has 0 bridgehead atoms. The monoisotopic (exact) mass is 212 g/mol. The van der Waals surface area contributed by atoms with Crippen LogP contribution in [0.2, 0.25) is 0 Å². The highest BCUT2D eigenvalue weighted by Crippen LogP contribution is 2.47. The summed E-state index contributed by atoms with van der Waals surface area (Å²) in [5.41, 5.74) is 8.79. The van der Waals surface area contributed by atoms with Crippen LogP contribution in [0.25, 0.3) is 5.57 Å². The largest absolute Gasteiger partial charge is 0.0720 e. The first-order chi connectivity index (χ1) is 7.54. The van der Waals surface area contributed by atoms with Crippen LogP contribution in [0.5, 0.6) is 0 Å². The highest BCUT2D eigenvalue weighted by atomic mass is 14.3. The maximum atomic E-state index is 2.32. The molecule has 0 N–H and O–H groups in total. The lowest BCUT2D eigenvalue weighted by molar-refractivity contribution is 0.938. The van der Waals surface area contributed by atoms with E-state index < -0.39 is 0 Å². The zero-order valence-corrected chi connectivity index (χ0v) is 10.9. The summed E-state index contributed by atoms with van der Waals surface area (Å²) in [4.78, 5) is 0. The molecule has 0 heteroatoms. The maximum Gasteiger partial charge on any atom is 0.00726 e. The van der Waals surface area contributed by atoms with Crippen LogP contribution >= 0.6 is 0 Å². The van der Waals surface area contributed by atoms with Gasteiger partial charge in [0.1, 0.15) is 0 Å². The van der Waals surface area contributed by atoms with Gasteiger partial charge in [-0.15, -0.1) is 0 Å². The van der Waals surface area contributed by atoms with Crippen molar-refractivity contribution in [2.45, 2.75) is 40.5 Å². The van der Waals surface area contributed by atoms with Gasteiger partial charge in [-0.05, 0) is 50.0 Å². The Morgan fingerprint density at radius 1 is 0.938 bits per heavy atom. The van der Waals surface area contributed by atoms with Crippen LogP contribution in [0, 0.1) is 0 Å². The first-order valence-corrected chi connectivity index (χ1v) is 5.98. The van der Waals surface area contributed by atoms with Gasteiger partial charge in [0.05, 0.1) is 0 Å². The molecule has 0 radical (unpaired) electrons. The Morgan fingerprint density at radius 2 is 1.56 bits per heavy atom. The second kappa shape index (κ2) is 3.93. The lowest BCUT2D eigenvalue weighted by atomic mass is 9.93. The van der Waals surface area contributed by atoms with Gasteiger partial charge in [0.15, 0.2) is 0 Å². The Hall–Kier alpha value is -1.30. The van der Waals surface area contributed by atoms with Crippen molar-refractivity contribution >= 4 is 5.57 Å². The van der Waals surface area contributed by atoms with E-state index in [1.807, 2.05) is 0 Å². The molecule has 0 spiro atoms. The van der Waals surface area contributed by atoms with Crippen molar-refractivity contribution < 1.29 is 0 Å². The standard InChI is InChI=1S/C16H20/c1-10(2)15-12(5)13-8-6-7-9-14(13)16(15)11(3)4/h6-9,12H,1-5H3. The van der Waals surface area contributed by atoms with Crippen molar-refractivity contribution in [2.24, 2.45) is 0 Å². The van der Waals surface area contributed by atoms with Gasteiger partial charge in [0, 0.05) is 5.92 Å². The number of hydrogen-bond acceptors (Lipinski definition) is 0. The van der Waals surface area contributed by atoms with Crippen LogP contribution in [-0.2, 0) is 0 Å². The number of fused-ring (bicyclic) bond motifs is 1. The van der Waals surface area contributed by atoms with Gasteiger partial charge < -0.3 is 0 Å². The average Bonchev–Trinajstić information content (AvgIpc) is 2.53. The molecule has 1 unspecified atom stereocenters. The van der Waals surface area contributed by atoms with Gasteiger partial charge in [0.2, 0.25) is 0 Å². The van der Waals surface area contributed by atoms with Crippen LogP contribution < -0.4 is 0 Å². The van der Waals surface area contributed by atoms with Crippen LogP contribution in [0.3, 0.4) is 0 Å². The topological polar surface area (TPSA) is 0 Å². The zero-order valence-electron chi connectivity index (χ0n) is 10.9. The predicted octanol–water partition coefficient (Wildman–Crippen LogP) is 4.93. The summed E-state index contributed by atoms with van der Waals surface area (Å²) in [6, 6.07) is 8.80. The van der Waals surface area contributed by atoms with Gasteiger partial charge in [-0.25, -0.2) is 0 Å². The van der Waals surface area contributed by atoms with E-state index in [9.17, 15) is 0 Å². The van der Waals surface area contributed by atoms with Crippen molar-refractivity contribution in [1.29, 1.82) is 0 Å². The Morgan fingerprint density at radius 3 is 2.12 bits per heavy atom. The summed E-state index contributed by atoms with van der Waals surface area (Å²) in [6.07, 6.45) is 0. The molecule has 1 aromatic rings. The minimum atomic E-state index is 0.547. The molecular weight excluding hydrogens is 192 g/mol. The van der Waals surface area contributed by atoms with Crippen LogP contribution in [-0.4, -0.2) is 0 Å². The molecule has 84 valence electrons. The molecule has 0 amide bonds. The fraction of sp³-hybridized carbons (Fsp3) is 0.375. The van der Waals surface area contributed by atoms with E-state index in [0.717, 1.165) is 0 Å². The summed E-state index contributed by atoms with van der Waals surface area (Å²) in [5.74, 6) is 0.547. The van der Waals surface area contributed by atoms with Gasteiger partial charge in [-0.1, -0.05) is 42.3 Å². The molecule has 0 heterocycles. The van der Waals surface area contributed by atoms with Crippen molar-refractivity contribution in [2.75, 3.05) is 0 Å². The number of allylic oxidation sites excluding steroid dienone is 4. The number of benzene rings is 1. The fourth-order valence-electron chi connectivity index (χ4n) is 2.84. The summed E-state index contributed by atoms with van der Waals surface area (Å²) >= 11 is 0. The van der Waals surface area contributed by atoms with Crippen molar-refractivity contribution in [3.05, 3.63) is 52.1 Å². The Labute approximate surface area is 98.7 Å². The number of hydrogen-bond donors (Lipinski definition) is 0. The second-order valence-corrected chi connectivity index (χ2v) is 5.10. The Kier molecular flexibility index (Phi) is 2.75. The molecule has 1 aliphatic carbocycles. The molecule has 1 aliphatic rings. The average molecular weight is 212 g/mol. The summed E-state index contributed by atoms with van der Waals surface area (Å²) in [5, 5.41) is 0. The lowest BCUT2D eigenvalue weighted by Crippen LogP contribution is -1.92. The molecule has 2 rings (SSSR count). The lowest BCUT2D eigenvalue weighted by Gasteiger charge is -2.11. The van der Waals surface area contributed by atoms with Crippen molar-refractivity contribution in [3.63, 3.8) is 0 Å². The second-order valence-electron chi connectivity index (χ2n) is 5.10. The smallest absolute Gasteiger partial charge is 0.00726 e. The van der Waals surface area contributed by atoms with E-state index in [1.54, 1.807) is 0 Å². The first kappa shape index (κ1) is 11.2. The maximum absolute atomic E-state index is 2.32. The fourth-order valence-corrected chi connectivity index (χ4v) is 2.84. The van der Waals surface area contributed by atoms with Crippen LogP contribution in [0.4, 0.5) is 0 Å². The highest BCUT2D eigenvalue weighted by molar-refractivity contribution is 5.89. The molecule has 0 aromatic heterocycles. The molecule has 0 saturated heterocycles. The third-order valence-corrected chi connectivity index (χ3v) is 3.44. The summed E-state index contributed by atoms with van der Waals surface area (Å²) < 4.78 is 0. The van der Waals surface area contributed by atoms with E-state index >= 15 is 0 Å². The molecule has 1 atom stereocenters. The first-order valence-electron chi connectivity index (χ1n) is 5.98. The molecule has 16 heavy (non-hydrogen) atoms. The Balaban J connectivity index is 2.77. The SMILES string of the molecule is CC(C)=C1C(=C(C)C)C(C)c2ccccc21. The van der Waals surface area contributed by atoms with E-state index in [-0.39, 0.29) is 0 Å². The Bertz CT molecular complexity index is 479. The molecule has 1 aromatic carbocycles. The van der Waals surface area contributed by atoms with E-state index in [1.165, 1.54) is 33.4 Å². The van der Waals surface area contributed by atoms with Crippen LogP contribution in [0.1, 0.15) is 51.7 Å². The highest BCUT2D eigenvalue weighted by Gasteiger charge is 2.28. The van der Waals surface area contributed by atoms with Crippen molar-refractivity contribution in [1.82, 2.24) is 0 Å². The van der Waals surface area contributed by atoms with Gasteiger partial charge in [-0.2, -0.15) is 0 Å². The molecule has 0 nitrogen and oxygen atoms in total. The molecular formula is C16H20. The zero-order chi connectivity index (χ0) is 11.9. The quantitative estimate of drug-likeness (QED) is 0.571. The molecule has 0 saturated carbocycles. The van der Waals surface area contributed by atoms with Gasteiger partial charge in [-0.3, -0.25) is 0 Å². The predicted molar refractivity (Wildman–Crippen MR) is 71.5 cm³/mol. The van der Waals surface area contributed by atoms with E-state index in [0.29, 0.717) is 5.92 Å². The third-order valence-electron chi connectivity index (χ3n) is 3.44. The van der Waals surface area contributed by atoms with E-state index in [2.05, 4.69) is 58.9 Å². The van der Waals surface area contributed by atoms with E-state index in [4.69, 9.17) is 0 Å². The minimum absolute atomic E-state index is 0.547. The number of rotatable bonds is 0. The normalized spacial score (nSPS) is 18.7. The third kappa shape index (κ3) is 1.53. The van der Waals surface area contributed by atoms with Crippen LogP contribution in [0.15, 0.2) is 41.0 Å². The summed E-state index contributed by atoms with van der Waals surface area (Å²) in [7, 11) is 0. The van der Waals surface area contributed by atoms with Crippen molar-refractivity contribution in [3.8, 4) is 0 Å². The summed E-state index contributed by atoms with van der Waals surface area (Å²) in [6.45, 7) is 11.2. The van der Waals surface area contributed by atoms with Gasteiger partial charge in [0.25, 0.3) is 0 Å². The minimum Gasteiger partial charge on any atom is -0.0720 e.